The fourth-order valence-corrected chi connectivity index (χ4v) is 3.86. The molecule has 6 heteroatoms. The van der Waals surface area contributed by atoms with Crippen LogP contribution in [-0.4, -0.2) is 30.0 Å². The highest BCUT2D eigenvalue weighted by atomic mass is 16.5. The number of anilines is 1. The van der Waals surface area contributed by atoms with Crippen LogP contribution in [0.5, 0.6) is 5.75 Å². The summed E-state index contributed by atoms with van der Waals surface area (Å²) in [7, 11) is 0. The number of aromatic nitrogens is 1. The molecule has 0 bridgehead atoms. The molecule has 0 spiro atoms. The molecular formula is C28H30N4O2. The van der Waals surface area contributed by atoms with E-state index in [4.69, 9.17) is 9.73 Å². The summed E-state index contributed by atoms with van der Waals surface area (Å²) in [5, 5.41) is 7.48. The Balaban J connectivity index is 1.52. The summed E-state index contributed by atoms with van der Waals surface area (Å²) in [6, 6.07) is 23.4. The minimum atomic E-state index is -0.227. The summed E-state index contributed by atoms with van der Waals surface area (Å²) in [6.45, 7) is 5.15. The molecule has 3 aromatic carbocycles. The monoisotopic (exact) mass is 454 g/mol. The van der Waals surface area contributed by atoms with E-state index in [9.17, 15) is 4.79 Å². The molecule has 0 aliphatic heterocycles. The molecule has 0 atom stereocenters. The van der Waals surface area contributed by atoms with Crippen LogP contribution in [0, 0.1) is 0 Å². The van der Waals surface area contributed by atoms with Crippen molar-refractivity contribution in [3.05, 3.63) is 95.7 Å². The van der Waals surface area contributed by atoms with Crippen LogP contribution in [0.3, 0.4) is 0 Å². The number of carbonyl (C=O) groups is 1. The number of aryl methyl sites for hydroxylation is 1. The number of hydrogen-bond acceptors (Lipinski definition) is 3. The van der Waals surface area contributed by atoms with Gasteiger partial charge >= 0.3 is 0 Å². The maximum atomic E-state index is 13.0. The van der Waals surface area contributed by atoms with Gasteiger partial charge < -0.3 is 15.0 Å². The van der Waals surface area contributed by atoms with Gasteiger partial charge in [-0.2, -0.15) is 0 Å². The van der Waals surface area contributed by atoms with Crippen LogP contribution in [0.15, 0.2) is 84.0 Å². The van der Waals surface area contributed by atoms with Gasteiger partial charge in [-0.05, 0) is 67.3 Å². The Hall–Kier alpha value is -4.06. The Bertz CT molecular complexity index is 1280. The van der Waals surface area contributed by atoms with Crippen LogP contribution in [0.25, 0.3) is 10.9 Å². The normalized spacial score (nSPS) is 11.4. The van der Waals surface area contributed by atoms with Gasteiger partial charge in [-0.15, -0.1) is 0 Å². The molecule has 34 heavy (non-hydrogen) atoms. The van der Waals surface area contributed by atoms with Gasteiger partial charge in [0.25, 0.3) is 5.91 Å². The predicted octanol–water partition coefficient (Wildman–Crippen LogP) is 5.57. The van der Waals surface area contributed by atoms with Gasteiger partial charge in [0.15, 0.2) is 0 Å². The Morgan fingerprint density at radius 2 is 1.71 bits per heavy atom. The zero-order valence-electron chi connectivity index (χ0n) is 19.6. The van der Waals surface area contributed by atoms with E-state index in [0.29, 0.717) is 24.7 Å². The van der Waals surface area contributed by atoms with E-state index in [-0.39, 0.29) is 5.91 Å². The number of rotatable bonds is 8. The maximum Gasteiger partial charge on any atom is 0.257 e. The van der Waals surface area contributed by atoms with E-state index in [1.54, 1.807) is 24.3 Å². The lowest BCUT2D eigenvalue weighted by Crippen LogP contribution is -2.36. The summed E-state index contributed by atoms with van der Waals surface area (Å²) in [5.41, 5.74) is 4.94. The fraction of sp³-hybridized carbons (Fsp3) is 0.214. The largest absolute Gasteiger partial charge is 0.494 e. The van der Waals surface area contributed by atoms with Crippen molar-refractivity contribution in [1.29, 1.82) is 0 Å². The van der Waals surface area contributed by atoms with Gasteiger partial charge in [0.2, 0.25) is 5.96 Å². The first kappa shape index (κ1) is 23.1. The minimum absolute atomic E-state index is 0.227. The van der Waals surface area contributed by atoms with E-state index in [0.717, 1.165) is 35.4 Å². The Morgan fingerprint density at radius 3 is 2.50 bits per heavy atom. The molecule has 0 aliphatic rings. The van der Waals surface area contributed by atoms with Gasteiger partial charge in [0.1, 0.15) is 5.75 Å². The smallest absolute Gasteiger partial charge is 0.257 e. The van der Waals surface area contributed by atoms with Crippen LogP contribution in [0.2, 0.25) is 0 Å². The minimum Gasteiger partial charge on any atom is -0.494 e. The number of para-hydroxylation sites is 2. The van der Waals surface area contributed by atoms with E-state index in [2.05, 4.69) is 40.7 Å². The van der Waals surface area contributed by atoms with Crippen molar-refractivity contribution >= 4 is 28.5 Å². The summed E-state index contributed by atoms with van der Waals surface area (Å²) in [6.07, 6.45) is 3.65. The summed E-state index contributed by atoms with van der Waals surface area (Å²) in [4.78, 5) is 21.0. The van der Waals surface area contributed by atoms with E-state index in [1.165, 1.54) is 10.9 Å². The molecule has 0 unspecified atom stereocenters. The Labute approximate surface area is 200 Å². The number of hydrogen-bond donors (Lipinski definition) is 3. The van der Waals surface area contributed by atoms with Crippen molar-refractivity contribution in [2.24, 2.45) is 4.99 Å². The quantitative estimate of drug-likeness (QED) is 0.241. The van der Waals surface area contributed by atoms with Crippen molar-refractivity contribution in [3.63, 3.8) is 0 Å². The van der Waals surface area contributed by atoms with Gasteiger partial charge in [0.05, 0.1) is 6.61 Å². The van der Waals surface area contributed by atoms with Crippen molar-refractivity contribution in [3.8, 4) is 5.75 Å². The molecular weight excluding hydrogens is 424 g/mol. The molecule has 6 nitrogen and oxygen atoms in total. The van der Waals surface area contributed by atoms with Gasteiger partial charge in [0, 0.05) is 34.9 Å². The third-order valence-corrected chi connectivity index (χ3v) is 5.64. The first-order valence-corrected chi connectivity index (χ1v) is 11.7. The van der Waals surface area contributed by atoms with Gasteiger partial charge in [-0.1, -0.05) is 43.3 Å². The number of H-pyrrole nitrogens is 1. The lowest BCUT2D eigenvalue weighted by molar-refractivity contribution is 0.0977. The number of aromatic amines is 1. The van der Waals surface area contributed by atoms with Crippen LogP contribution in [0.1, 0.15) is 35.3 Å². The van der Waals surface area contributed by atoms with E-state index in [1.807, 2.05) is 43.5 Å². The lowest BCUT2D eigenvalue weighted by Gasteiger charge is -2.14. The third kappa shape index (κ3) is 5.64. The lowest BCUT2D eigenvalue weighted by atomic mass is 10.1. The fourth-order valence-electron chi connectivity index (χ4n) is 3.86. The Kier molecular flexibility index (Phi) is 7.60. The number of benzene rings is 3. The van der Waals surface area contributed by atoms with Crippen LogP contribution >= 0.6 is 0 Å². The second-order valence-corrected chi connectivity index (χ2v) is 7.89. The van der Waals surface area contributed by atoms with Crippen molar-refractivity contribution in [2.75, 3.05) is 18.5 Å². The molecule has 3 N–H and O–H groups in total. The molecule has 1 heterocycles. The highest BCUT2D eigenvalue weighted by Gasteiger charge is 2.11. The average Bonchev–Trinajstić information content (AvgIpc) is 3.28. The summed E-state index contributed by atoms with van der Waals surface area (Å²) < 4.78 is 5.47. The zero-order chi connectivity index (χ0) is 23.8. The van der Waals surface area contributed by atoms with Crippen LogP contribution in [-0.2, 0) is 12.8 Å². The number of amides is 1. The van der Waals surface area contributed by atoms with Crippen molar-refractivity contribution in [1.82, 2.24) is 10.3 Å². The number of aliphatic imine (C=N–C) groups is 1. The zero-order valence-corrected chi connectivity index (χ0v) is 19.6. The number of nitrogens with one attached hydrogen (secondary N) is 3. The van der Waals surface area contributed by atoms with E-state index < -0.39 is 0 Å². The highest BCUT2D eigenvalue weighted by Crippen LogP contribution is 2.19. The number of guanidine groups is 1. The number of ether oxygens (including phenoxy) is 1. The third-order valence-electron chi connectivity index (χ3n) is 5.64. The van der Waals surface area contributed by atoms with Crippen molar-refractivity contribution in [2.45, 2.75) is 26.7 Å². The average molecular weight is 455 g/mol. The van der Waals surface area contributed by atoms with Crippen molar-refractivity contribution < 1.29 is 9.53 Å². The molecule has 174 valence electrons. The molecule has 4 rings (SSSR count). The van der Waals surface area contributed by atoms with Gasteiger partial charge in [-0.3, -0.25) is 15.1 Å². The van der Waals surface area contributed by atoms with Gasteiger partial charge in [-0.25, -0.2) is 0 Å². The molecule has 0 saturated carbocycles. The molecule has 4 aromatic rings. The highest BCUT2D eigenvalue weighted by molar-refractivity contribution is 6.10. The topological polar surface area (TPSA) is 78.5 Å². The number of carbonyl (C=O) groups excluding carboxylic acids is 1. The summed E-state index contributed by atoms with van der Waals surface area (Å²) >= 11 is 0. The SMILES string of the molecule is CCOc1ccc(C(=O)NC(=NCCc2c[nH]c3ccccc23)Nc2ccccc2CC)cc1. The van der Waals surface area contributed by atoms with Crippen LogP contribution in [0.4, 0.5) is 5.69 Å². The van der Waals surface area contributed by atoms with Crippen LogP contribution < -0.4 is 15.4 Å². The molecule has 0 saturated heterocycles. The Morgan fingerprint density at radius 1 is 0.941 bits per heavy atom. The number of fused-ring (bicyclic) bond motifs is 1. The molecule has 0 radical (unpaired) electrons. The second kappa shape index (κ2) is 11.2. The van der Waals surface area contributed by atoms with E-state index >= 15 is 0 Å². The second-order valence-electron chi connectivity index (χ2n) is 7.89. The molecule has 1 aromatic heterocycles. The molecule has 1 amide bonds. The number of nitrogens with zero attached hydrogens (tertiary/aromatic N) is 1. The first-order chi connectivity index (χ1) is 16.7. The molecule has 0 fully saturated rings. The standard InChI is InChI=1S/C28H30N4O2/c1-3-20-9-5-7-11-25(20)31-28(32-27(33)21-13-15-23(16-14-21)34-4-2)29-18-17-22-19-30-26-12-8-6-10-24(22)26/h5-16,19,30H,3-4,17-18H2,1-2H3,(H2,29,31,32,33). The summed E-state index contributed by atoms with van der Waals surface area (Å²) in [5.74, 6) is 0.941. The molecule has 0 aliphatic carbocycles. The first-order valence-electron chi connectivity index (χ1n) is 11.7. The predicted molar refractivity (Wildman–Crippen MR) is 139 cm³/mol. The maximum absolute atomic E-state index is 13.0.